The van der Waals surface area contributed by atoms with E-state index in [1.54, 1.807) is 0 Å². The van der Waals surface area contributed by atoms with Crippen LogP contribution in [0.3, 0.4) is 0 Å². The predicted octanol–water partition coefficient (Wildman–Crippen LogP) is 3.37. The van der Waals surface area contributed by atoms with Crippen molar-refractivity contribution in [3.05, 3.63) is 35.4 Å². The van der Waals surface area contributed by atoms with Gasteiger partial charge in [-0.3, -0.25) is 9.79 Å². The lowest BCUT2D eigenvalue weighted by atomic mass is 9.92. The first-order valence-corrected chi connectivity index (χ1v) is 10.4. The van der Waals surface area contributed by atoms with Gasteiger partial charge >= 0.3 is 0 Å². The Hall–Kier alpha value is -2.04. The van der Waals surface area contributed by atoms with E-state index in [1.165, 1.54) is 18.4 Å². The number of hydrogen-bond donors (Lipinski definition) is 1. The van der Waals surface area contributed by atoms with Gasteiger partial charge in [0, 0.05) is 45.3 Å². The van der Waals surface area contributed by atoms with Gasteiger partial charge in [0.1, 0.15) is 0 Å². The quantitative estimate of drug-likeness (QED) is 0.655. The van der Waals surface area contributed by atoms with Gasteiger partial charge in [-0.05, 0) is 55.2 Å². The maximum Gasteiger partial charge on any atom is 0.253 e. The van der Waals surface area contributed by atoms with Crippen molar-refractivity contribution in [3.63, 3.8) is 0 Å². The number of guanidine groups is 1. The molecule has 2 aliphatic heterocycles. The van der Waals surface area contributed by atoms with Gasteiger partial charge in [0.15, 0.2) is 5.96 Å². The minimum atomic E-state index is 0.168. The second-order valence-electron chi connectivity index (χ2n) is 8.30. The van der Waals surface area contributed by atoms with Crippen LogP contribution in [-0.4, -0.2) is 54.9 Å². The van der Waals surface area contributed by atoms with Crippen LogP contribution in [0.25, 0.3) is 0 Å². The number of benzene rings is 1. The maximum absolute atomic E-state index is 12.6. The first-order chi connectivity index (χ1) is 13.1. The van der Waals surface area contributed by atoms with E-state index in [1.807, 2.05) is 24.1 Å². The summed E-state index contributed by atoms with van der Waals surface area (Å²) in [5.41, 5.74) is 1.97. The van der Waals surface area contributed by atoms with E-state index < -0.39 is 0 Å². The Morgan fingerprint density at radius 2 is 1.67 bits per heavy atom. The molecular formula is C22H34N4O. The minimum absolute atomic E-state index is 0.168. The second-order valence-corrected chi connectivity index (χ2v) is 8.30. The van der Waals surface area contributed by atoms with Gasteiger partial charge in [0.05, 0.1) is 0 Å². The number of nitrogens with zero attached hydrogens (tertiary/aromatic N) is 3. The van der Waals surface area contributed by atoms with E-state index in [0.29, 0.717) is 11.8 Å². The molecule has 2 heterocycles. The van der Waals surface area contributed by atoms with Crippen molar-refractivity contribution in [2.75, 3.05) is 33.2 Å². The Kier molecular flexibility index (Phi) is 6.75. The third-order valence-electron chi connectivity index (χ3n) is 5.67. The summed E-state index contributed by atoms with van der Waals surface area (Å²) in [6, 6.07) is 8.03. The average Bonchev–Trinajstić information content (AvgIpc) is 2.68. The van der Waals surface area contributed by atoms with Crippen LogP contribution in [-0.2, 0) is 6.54 Å². The number of piperidine rings is 2. The SMILES string of the molecule is CN=C(NCc1ccc(C(=O)N2CCCCC2)cc1)N1CC(C)CC(C)C1. The molecule has 1 aromatic rings. The first-order valence-electron chi connectivity index (χ1n) is 10.4. The molecule has 0 aromatic heterocycles. The summed E-state index contributed by atoms with van der Waals surface area (Å²) < 4.78 is 0. The number of hydrogen-bond acceptors (Lipinski definition) is 2. The van der Waals surface area contributed by atoms with Crippen LogP contribution in [0.2, 0.25) is 0 Å². The molecule has 0 spiro atoms. The van der Waals surface area contributed by atoms with Crippen LogP contribution in [0, 0.1) is 11.8 Å². The number of nitrogens with one attached hydrogen (secondary N) is 1. The van der Waals surface area contributed by atoms with Crippen LogP contribution >= 0.6 is 0 Å². The molecule has 2 fully saturated rings. The summed E-state index contributed by atoms with van der Waals surface area (Å²) in [4.78, 5) is 21.4. The number of likely N-dealkylation sites (tertiary alicyclic amines) is 2. The number of carbonyl (C=O) groups is 1. The Balaban J connectivity index is 1.55. The van der Waals surface area contributed by atoms with E-state index in [-0.39, 0.29) is 5.91 Å². The van der Waals surface area contributed by atoms with Crippen molar-refractivity contribution in [3.8, 4) is 0 Å². The summed E-state index contributed by atoms with van der Waals surface area (Å²) >= 11 is 0. The van der Waals surface area contributed by atoms with E-state index in [9.17, 15) is 4.79 Å². The monoisotopic (exact) mass is 370 g/mol. The molecule has 1 N–H and O–H groups in total. The molecule has 5 heteroatoms. The van der Waals surface area contributed by atoms with E-state index in [0.717, 1.165) is 57.1 Å². The standard InChI is InChI=1S/C22H34N4O/c1-17-13-18(2)16-26(15-17)22(23-3)24-14-19-7-9-20(10-8-19)21(27)25-11-5-4-6-12-25/h7-10,17-18H,4-6,11-16H2,1-3H3,(H,23,24). The van der Waals surface area contributed by atoms with E-state index in [2.05, 4.69) is 41.2 Å². The molecular weight excluding hydrogens is 336 g/mol. The molecule has 2 unspecified atom stereocenters. The van der Waals surface area contributed by atoms with Gasteiger partial charge in [0.2, 0.25) is 0 Å². The van der Waals surface area contributed by atoms with Crippen LogP contribution < -0.4 is 5.32 Å². The number of amides is 1. The highest BCUT2D eigenvalue weighted by atomic mass is 16.2. The number of rotatable bonds is 3. The fourth-order valence-corrected chi connectivity index (χ4v) is 4.39. The van der Waals surface area contributed by atoms with E-state index >= 15 is 0 Å². The Morgan fingerprint density at radius 1 is 1.04 bits per heavy atom. The lowest BCUT2D eigenvalue weighted by molar-refractivity contribution is 0.0724. The molecule has 2 aliphatic rings. The summed E-state index contributed by atoms with van der Waals surface area (Å²) in [7, 11) is 1.85. The van der Waals surface area contributed by atoms with Gasteiger partial charge < -0.3 is 15.1 Å². The molecule has 1 amide bonds. The molecule has 0 saturated carbocycles. The molecule has 3 rings (SSSR count). The van der Waals surface area contributed by atoms with Crippen LogP contribution in [0.15, 0.2) is 29.3 Å². The van der Waals surface area contributed by atoms with Crippen molar-refractivity contribution in [2.24, 2.45) is 16.8 Å². The van der Waals surface area contributed by atoms with Crippen LogP contribution in [0.5, 0.6) is 0 Å². The zero-order valence-corrected chi connectivity index (χ0v) is 17.1. The van der Waals surface area contributed by atoms with Gasteiger partial charge in [-0.25, -0.2) is 0 Å². The van der Waals surface area contributed by atoms with Crippen molar-refractivity contribution in [1.82, 2.24) is 15.1 Å². The summed E-state index contributed by atoms with van der Waals surface area (Å²) in [5.74, 6) is 2.54. The largest absolute Gasteiger partial charge is 0.352 e. The third kappa shape index (κ3) is 5.24. The summed E-state index contributed by atoms with van der Waals surface area (Å²) in [6.07, 6.45) is 4.78. The number of carbonyl (C=O) groups excluding carboxylic acids is 1. The highest BCUT2D eigenvalue weighted by Gasteiger charge is 2.24. The summed E-state index contributed by atoms with van der Waals surface area (Å²) in [6.45, 7) is 9.27. The Bertz CT molecular complexity index is 639. The van der Waals surface area contributed by atoms with Gasteiger partial charge in [0.25, 0.3) is 5.91 Å². The Morgan fingerprint density at radius 3 is 2.26 bits per heavy atom. The highest BCUT2D eigenvalue weighted by molar-refractivity contribution is 5.94. The fourth-order valence-electron chi connectivity index (χ4n) is 4.39. The van der Waals surface area contributed by atoms with Crippen molar-refractivity contribution in [2.45, 2.75) is 46.1 Å². The molecule has 0 aliphatic carbocycles. The van der Waals surface area contributed by atoms with Gasteiger partial charge in [-0.1, -0.05) is 26.0 Å². The molecule has 0 radical (unpaired) electrons. The lowest BCUT2D eigenvalue weighted by Gasteiger charge is -2.37. The topological polar surface area (TPSA) is 47.9 Å². The molecule has 27 heavy (non-hydrogen) atoms. The molecule has 2 atom stereocenters. The molecule has 0 bridgehead atoms. The number of aliphatic imine (C=N–C) groups is 1. The second kappa shape index (κ2) is 9.25. The smallest absolute Gasteiger partial charge is 0.253 e. The molecule has 1 aromatic carbocycles. The molecule has 148 valence electrons. The van der Waals surface area contributed by atoms with Crippen LogP contribution in [0.1, 0.15) is 55.5 Å². The highest BCUT2D eigenvalue weighted by Crippen LogP contribution is 2.21. The molecule has 5 nitrogen and oxygen atoms in total. The summed E-state index contributed by atoms with van der Waals surface area (Å²) in [5, 5.41) is 3.49. The van der Waals surface area contributed by atoms with Gasteiger partial charge in [-0.2, -0.15) is 0 Å². The predicted molar refractivity (Wildman–Crippen MR) is 111 cm³/mol. The van der Waals surface area contributed by atoms with Crippen molar-refractivity contribution in [1.29, 1.82) is 0 Å². The molecule has 2 saturated heterocycles. The van der Waals surface area contributed by atoms with E-state index in [4.69, 9.17) is 0 Å². The minimum Gasteiger partial charge on any atom is -0.352 e. The first kappa shape index (κ1) is 19.7. The zero-order valence-electron chi connectivity index (χ0n) is 17.1. The normalized spacial score (nSPS) is 24.0. The fraction of sp³-hybridized carbons (Fsp3) is 0.636. The van der Waals surface area contributed by atoms with Crippen molar-refractivity contribution >= 4 is 11.9 Å². The Labute approximate surface area is 163 Å². The van der Waals surface area contributed by atoms with Crippen LogP contribution in [0.4, 0.5) is 0 Å². The average molecular weight is 371 g/mol. The van der Waals surface area contributed by atoms with Crippen molar-refractivity contribution < 1.29 is 4.79 Å². The maximum atomic E-state index is 12.6. The third-order valence-corrected chi connectivity index (χ3v) is 5.67. The lowest BCUT2D eigenvalue weighted by Crippen LogP contribution is -2.48. The van der Waals surface area contributed by atoms with Gasteiger partial charge in [-0.15, -0.1) is 0 Å². The zero-order chi connectivity index (χ0) is 19.2.